The molecule has 0 saturated heterocycles. The first-order valence-corrected chi connectivity index (χ1v) is 8.82. The van der Waals surface area contributed by atoms with Crippen LogP contribution in [-0.4, -0.2) is 24.3 Å². The van der Waals surface area contributed by atoms with Crippen LogP contribution >= 0.6 is 0 Å². The maximum absolute atomic E-state index is 13.1. The lowest BCUT2D eigenvalue weighted by atomic mass is 10.2. The van der Waals surface area contributed by atoms with Crippen molar-refractivity contribution in [3.05, 3.63) is 72.4 Å². The highest BCUT2D eigenvalue weighted by Gasteiger charge is 2.26. The minimum Gasteiger partial charge on any atom is -0.256 e. The van der Waals surface area contributed by atoms with E-state index in [1.54, 1.807) is 36.5 Å². The van der Waals surface area contributed by atoms with Gasteiger partial charge in [0.2, 0.25) is 10.0 Å². The van der Waals surface area contributed by atoms with Crippen molar-refractivity contribution in [3.63, 3.8) is 0 Å². The highest BCUT2D eigenvalue weighted by atomic mass is 32.2. The molecule has 1 heterocycles. The van der Waals surface area contributed by atoms with Gasteiger partial charge in [-0.2, -0.15) is 9.57 Å². The second kappa shape index (κ2) is 6.79. The SMILES string of the molecule is N#CCN(Cc1ccccc1)S(=O)(=O)c1cccc2ncccc12. The van der Waals surface area contributed by atoms with Crippen molar-refractivity contribution in [2.75, 3.05) is 6.54 Å². The van der Waals surface area contributed by atoms with E-state index < -0.39 is 10.0 Å². The Hall–Kier alpha value is -2.75. The van der Waals surface area contributed by atoms with E-state index in [4.69, 9.17) is 5.26 Å². The monoisotopic (exact) mass is 337 g/mol. The number of pyridine rings is 1. The Morgan fingerprint density at radius 1 is 1.00 bits per heavy atom. The second-order valence-electron chi connectivity index (χ2n) is 5.24. The molecule has 0 aliphatic rings. The molecule has 0 fully saturated rings. The van der Waals surface area contributed by atoms with Gasteiger partial charge in [-0.15, -0.1) is 0 Å². The second-order valence-corrected chi connectivity index (χ2v) is 7.15. The minimum absolute atomic E-state index is 0.146. The van der Waals surface area contributed by atoms with Crippen molar-refractivity contribution >= 4 is 20.9 Å². The molecule has 0 N–H and O–H groups in total. The zero-order valence-electron chi connectivity index (χ0n) is 12.8. The van der Waals surface area contributed by atoms with Gasteiger partial charge in [-0.1, -0.05) is 36.4 Å². The average molecular weight is 337 g/mol. The van der Waals surface area contributed by atoms with Gasteiger partial charge in [0, 0.05) is 18.1 Å². The first-order valence-electron chi connectivity index (χ1n) is 7.38. The van der Waals surface area contributed by atoms with Crippen molar-refractivity contribution < 1.29 is 8.42 Å². The van der Waals surface area contributed by atoms with Crippen LogP contribution in [0.3, 0.4) is 0 Å². The van der Waals surface area contributed by atoms with Crippen LogP contribution in [0.15, 0.2) is 71.8 Å². The maximum atomic E-state index is 13.1. The lowest BCUT2D eigenvalue weighted by Crippen LogP contribution is -2.31. The number of hydrogen-bond donors (Lipinski definition) is 0. The van der Waals surface area contributed by atoms with Crippen molar-refractivity contribution in [3.8, 4) is 6.07 Å². The molecule has 5 nitrogen and oxygen atoms in total. The Kier molecular flexibility index (Phi) is 4.56. The summed E-state index contributed by atoms with van der Waals surface area (Å²) in [5.74, 6) is 0. The van der Waals surface area contributed by atoms with Gasteiger partial charge >= 0.3 is 0 Å². The van der Waals surface area contributed by atoms with Crippen molar-refractivity contribution in [2.45, 2.75) is 11.4 Å². The Labute approximate surface area is 140 Å². The van der Waals surface area contributed by atoms with E-state index in [0.29, 0.717) is 10.9 Å². The highest BCUT2D eigenvalue weighted by Crippen LogP contribution is 2.25. The summed E-state index contributed by atoms with van der Waals surface area (Å²) >= 11 is 0. The van der Waals surface area contributed by atoms with Gasteiger partial charge in [0.05, 0.1) is 16.5 Å². The molecule has 3 rings (SSSR count). The van der Waals surface area contributed by atoms with Crippen LogP contribution in [-0.2, 0) is 16.6 Å². The normalized spacial score (nSPS) is 11.5. The van der Waals surface area contributed by atoms with Gasteiger partial charge in [-0.3, -0.25) is 4.98 Å². The fourth-order valence-corrected chi connectivity index (χ4v) is 4.06. The molecule has 0 unspecified atom stereocenters. The lowest BCUT2D eigenvalue weighted by molar-refractivity contribution is 0.442. The third kappa shape index (κ3) is 3.13. The predicted octanol–water partition coefficient (Wildman–Crippen LogP) is 2.95. The largest absolute Gasteiger partial charge is 0.256 e. The van der Waals surface area contributed by atoms with Crippen molar-refractivity contribution in [1.82, 2.24) is 9.29 Å². The zero-order valence-corrected chi connectivity index (χ0v) is 13.6. The van der Waals surface area contributed by atoms with Gasteiger partial charge in [-0.05, 0) is 29.8 Å². The van der Waals surface area contributed by atoms with E-state index in [1.165, 1.54) is 4.31 Å². The van der Waals surface area contributed by atoms with Gasteiger partial charge in [-0.25, -0.2) is 8.42 Å². The summed E-state index contributed by atoms with van der Waals surface area (Å²) in [6.45, 7) is -0.0682. The number of benzene rings is 2. The molecule has 0 spiro atoms. The molecule has 0 radical (unpaired) electrons. The van der Waals surface area contributed by atoms with Crippen molar-refractivity contribution in [2.24, 2.45) is 0 Å². The summed E-state index contributed by atoms with van der Waals surface area (Å²) in [4.78, 5) is 4.36. The van der Waals surface area contributed by atoms with E-state index >= 15 is 0 Å². The van der Waals surface area contributed by atoms with Crippen LogP contribution in [0.25, 0.3) is 10.9 Å². The van der Waals surface area contributed by atoms with Gasteiger partial charge in [0.25, 0.3) is 0 Å². The Bertz CT molecular complexity index is 990. The summed E-state index contributed by atoms with van der Waals surface area (Å²) < 4.78 is 27.4. The van der Waals surface area contributed by atoms with Gasteiger partial charge < -0.3 is 0 Å². The van der Waals surface area contributed by atoms with Crippen LogP contribution in [0, 0.1) is 11.3 Å². The minimum atomic E-state index is -3.82. The molecule has 120 valence electrons. The first kappa shape index (κ1) is 16.1. The molecule has 0 saturated carbocycles. The summed E-state index contributed by atoms with van der Waals surface area (Å²) in [5.41, 5.74) is 1.44. The maximum Gasteiger partial charge on any atom is 0.245 e. The smallest absolute Gasteiger partial charge is 0.245 e. The van der Waals surface area contributed by atoms with E-state index in [0.717, 1.165) is 5.56 Å². The molecule has 24 heavy (non-hydrogen) atoms. The van der Waals surface area contributed by atoms with Crippen molar-refractivity contribution in [1.29, 1.82) is 5.26 Å². The summed E-state index contributed by atoms with van der Waals surface area (Å²) in [5, 5.41) is 9.62. The quantitative estimate of drug-likeness (QED) is 0.671. The third-order valence-corrected chi connectivity index (χ3v) is 5.52. The van der Waals surface area contributed by atoms with Crippen LogP contribution in [0.4, 0.5) is 0 Å². The molecule has 6 heteroatoms. The highest BCUT2D eigenvalue weighted by molar-refractivity contribution is 7.89. The predicted molar refractivity (Wildman–Crippen MR) is 91.4 cm³/mol. The van der Waals surface area contributed by atoms with E-state index in [1.807, 2.05) is 36.4 Å². The summed E-state index contributed by atoms with van der Waals surface area (Å²) in [7, 11) is -3.82. The number of fused-ring (bicyclic) bond motifs is 1. The summed E-state index contributed by atoms with van der Waals surface area (Å²) in [6.07, 6.45) is 1.62. The molecular formula is C18H15N3O2S. The third-order valence-electron chi connectivity index (χ3n) is 3.67. The van der Waals surface area contributed by atoms with Crippen LogP contribution in [0.5, 0.6) is 0 Å². The molecule has 3 aromatic rings. The van der Waals surface area contributed by atoms with Gasteiger partial charge in [0.15, 0.2) is 0 Å². The van der Waals surface area contributed by atoms with E-state index in [9.17, 15) is 8.42 Å². The van der Waals surface area contributed by atoms with Crippen LogP contribution in [0.1, 0.15) is 5.56 Å². The van der Waals surface area contributed by atoms with Crippen LogP contribution < -0.4 is 0 Å². The number of hydrogen-bond acceptors (Lipinski definition) is 4. The molecule has 2 aromatic carbocycles. The Balaban J connectivity index is 2.07. The summed E-state index contributed by atoms with van der Waals surface area (Å²) in [6, 6.07) is 19.6. The zero-order chi connectivity index (χ0) is 17.0. The van der Waals surface area contributed by atoms with Gasteiger partial charge in [0.1, 0.15) is 6.54 Å². The van der Waals surface area contributed by atoms with E-state index in [-0.39, 0.29) is 18.0 Å². The number of aromatic nitrogens is 1. The fraction of sp³-hybridized carbons (Fsp3) is 0.111. The van der Waals surface area contributed by atoms with E-state index in [2.05, 4.69) is 4.98 Å². The average Bonchev–Trinajstić information content (AvgIpc) is 2.61. The lowest BCUT2D eigenvalue weighted by Gasteiger charge is -2.20. The molecule has 0 aliphatic carbocycles. The molecule has 0 bridgehead atoms. The van der Waals surface area contributed by atoms with Crippen LogP contribution in [0.2, 0.25) is 0 Å². The fourth-order valence-electron chi connectivity index (χ4n) is 2.53. The molecule has 1 aromatic heterocycles. The Morgan fingerprint density at radius 3 is 2.54 bits per heavy atom. The number of sulfonamides is 1. The topological polar surface area (TPSA) is 74.1 Å². The number of rotatable bonds is 5. The first-order chi connectivity index (χ1) is 11.6. The molecular weight excluding hydrogens is 322 g/mol. The number of nitrogens with zero attached hydrogens (tertiary/aromatic N) is 3. The number of nitriles is 1. The Morgan fingerprint density at radius 2 is 1.79 bits per heavy atom. The standard InChI is InChI=1S/C18H15N3O2S/c19-11-13-21(14-15-6-2-1-3-7-15)24(22,23)18-10-4-9-17-16(18)8-5-12-20-17/h1-10,12H,13-14H2. The molecule has 0 atom stereocenters. The molecule has 0 aliphatic heterocycles. The molecule has 0 amide bonds.